The summed E-state index contributed by atoms with van der Waals surface area (Å²) in [5, 5.41) is 8.87. The van der Waals surface area contributed by atoms with Crippen LogP contribution in [-0.2, 0) is 11.2 Å². The molecule has 1 aliphatic heterocycles. The number of fused-ring (bicyclic) bond motifs is 1. The molecule has 0 fully saturated rings. The minimum absolute atomic E-state index is 0.122. The number of carbonyl (C=O) groups is 1. The summed E-state index contributed by atoms with van der Waals surface area (Å²) in [5.74, 6) is 0.307. The molecule has 1 heterocycles. The molecule has 6 heteroatoms. The molecule has 2 atom stereocenters. The Morgan fingerprint density at radius 1 is 1.19 bits per heavy atom. The first kappa shape index (κ1) is 22.8. The number of halogens is 1. The number of nitrogens with zero attached hydrogens (tertiary/aromatic N) is 1. The van der Waals surface area contributed by atoms with E-state index in [0.717, 1.165) is 34.8 Å². The lowest BCUT2D eigenvalue weighted by Crippen LogP contribution is -2.47. The lowest BCUT2D eigenvalue weighted by Gasteiger charge is -2.44. The average molecular weight is 428 g/mol. The molecule has 2 aromatic rings. The molecule has 0 saturated heterocycles. The number of rotatable bonds is 7. The molecule has 166 valence electrons. The van der Waals surface area contributed by atoms with Gasteiger partial charge in [0.1, 0.15) is 5.67 Å². The van der Waals surface area contributed by atoms with E-state index in [0.29, 0.717) is 11.5 Å². The highest BCUT2D eigenvalue weighted by Crippen LogP contribution is 2.47. The summed E-state index contributed by atoms with van der Waals surface area (Å²) in [6, 6.07) is 11.5. The fourth-order valence-corrected chi connectivity index (χ4v) is 4.32. The lowest BCUT2D eigenvalue weighted by molar-refractivity contribution is -0.131. The number of methoxy groups -OCH3 is 2. The van der Waals surface area contributed by atoms with Gasteiger partial charge in [0.25, 0.3) is 0 Å². The predicted molar refractivity (Wildman–Crippen MR) is 120 cm³/mol. The van der Waals surface area contributed by atoms with Crippen LogP contribution in [0.2, 0.25) is 0 Å². The number of benzene rings is 2. The van der Waals surface area contributed by atoms with E-state index >= 15 is 0 Å². The summed E-state index contributed by atoms with van der Waals surface area (Å²) in [6.07, 6.45) is 3.44. The summed E-state index contributed by atoms with van der Waals surface area (Å²) >= 11 is 0. The van der Waals surface area contributed by atoms with E-state index in [9.17, 15) is 9.18 Å². The van der Waals surface area contributed by atoms with Gasteiger partial charge < -0.3 is 14.6 Å². The van der Waals surface area contributed by atoms with Crippen molar-refractivity contribution in [3.63, 3.8) is 0 Å². The van der Waals surface area contributed by atoms with E-state index in [-0.39, 0.29) is 18.6 Å². The SMILES string of the molecule is COc1ccc2c(c1OC)C(c1ccc(/C=C/C(=O)O)cc1)N(CC(C)(C)F)C(C)C2. The van der Waals surface area contributed by atoms with Crippen LogP contribution >= 0.6 is 0 Å². The Morgan fingerprint density at radius 2 is 1.87 bits per heavy atom. The minimum atomic E-state index is -1.37. The zero-order valence-electron chi connectivity index (χ0n) is 18.7. The fourth-order valence-electron chi connectivity index (χ4n) is 4.32. The smallest absolute Gasteiger partial charge is 0.328 e. The monoisotopic (exact) mass is 427 g/mol. The highest BCUT2D eigenvalue weighted by atomic mass is 19.1. The van der Waals surface area contributed by atoms with E-state index in [4.69, 9.17) is 14.6 Å². The molecule has 3 rings (SSSR count). The van der Waals surface area contributed by atoms with Crippen molar-refractivity contribution in [2.75, 3.05) is 20.8 Å². The molecule has 0 aliphatic carbocycles. The van der Waals surface area contributed by atoms with Crippen molar-refractivity contribution < 1.29 is 23.8 Å². The van der Waals surface area contributed by atoms with Crippen LogP contribution in [0.15, 0.2) is 42.5 Å². The van der Waals surface area contributed by atoms with Crippen molar-refractivity contribution in [3.05, 3.63) is 64.7 Å². The van der Waals surface area contributed by atoms with Crippen molar-refractivity contribution in [1.29, 1.82) is 0 Å². The summed E-state index contributed by atoms with van der Waals surface area (Å²) < 4.78 is 26.1. The largest absolute Gasteiger partial charge is 0.493 e. The van der Waals surface area contributed by atoms with Crippen LogP contribution in [0.3, 0.4) is 0 Å². The van der Waals surface area contributed by atoms with Gasteiger partial charge in [-0.15, -0.1) is 0 Å². The Labute approximate surface area is 183 Å². The van der Waals surface area contributed by atoms with E-state index in [1.165, 1.54) is 0 Å². The first-order valence-corrected chi connectivity index (χ1v) is 10.3. The number of ether oxygens (including phenoxy) is 2. The van der Waals surface area contributed by atoms with Gasteiger partial charge in [-0.25, -0.2) is 9.18 Å². The number of hydrogen-bond acceptors (Lipinski definition) is 4. The van der Waals surface area contributed by atoms with Crippen LogP contribution in [0.1, 0.15) is 49.1 Å². The second kappa shape index (κ2) is 9.10. The van der Waals surface area contributed by atoms with Gasteiger partial charge >= 0.3 is 5.97 Å². The molecule has 1 aliphatic rings. The molecule has 0 spiro atoms. The maximum absolute atomic E-state index is 14.8. The van der Waals surface area contributed by atoms with Crippen LogP contribution in [0.25, 0.3) is 6.08 Å². The van der Waals surface area contributed by atoms with Crippen molar-refractivity contribution in [2.24, 2.45) is 0 Å². The van der Waals surface area contributed by atoms with E-state index in [1.54, 1.807) is 34.1 Å². The molecule has 2 unspecified atom stereocenters. The van der Waals surface area contributed by atoms with Crippen molar-refractivity contribution in [2.45, 2.75) is 44.9 Å². The Hall–Kier alpha value is -2.86. The molecule has 0 saturated carbocycles. The molecular formula is C25H30FNO4. The quantitative estimate of drug-likeness (QED) is 0.638. The van der Waals surface area contributed by atoms with Gasteiger partial charge in [0.15, 0.2) is 11.5 Å². The Kier molecular flexibility index (Phi) is 6.70. The topological polar surface area (TPSA) is 59.0 Å². The second-order valence-electron chi connectivity index (χ2n) is 8.56. The second-order valence-corrected chi connectivity index (χ2v) is 8.56. The van der Waals surface area contributed by atoms with Gasteiger partial charge in [0.05, 0.1) is 20.3 Å². The van der Waals surface area contributed by atoms with E-state index in [2.05, 4.69) is 17.9 Å². The zero-order chi connectivity index (χ0) is 22.8. The Balaban J connectivity index is 2.16. The van der Waals surface area contributed by atoms with Gasteiger partial charge in [-0.05, 0) is 56.0 Å². The normalized spacial score (nSPS) is 19.3. The molecule has 5 nitrogen and oxygen atoms in total. The summed E-state index contributed by atoms with van der Waals surface area (Å²) in [7, 11) is 3.23. The molecule has 0 radical (unpaired) electrons. The zero-order valence-corrected chi connectivity index (χ0v) is 18.7. The standard InChI is InChI=1S/C25H30FNO4/c1-16-14-19-11-12-20(30-4)24(31-5)22(19)23(27(16)15-25(2,3)26)18-9-6-17(7-10-18)8-13-21(28)29/h6-13,16,23H,14-15H2,1-5H3,(H,28,29)/b13-8+. The molecule has 0 amide bonds. The van der Waals surface area contributed by atoms with Gasteiger partial charge in [0.2, 0.25) is 0 Å². The average Bonchev–Trinajstić information content (AvgIpc) is 2.71. The van der Waals surface area contributed by atoms with Crippen LogP contribution in [-0.4, -0.2) is 48.5 Å². The first-order chi connectivity index (χ1) is 14.6. The van der Waals surface area contributed by atoms with Crippen LogP contribution < -0.4 is 9.47 Å². The van der Waals surface area contributed by atoms with E-state index < -0.39 is 11.6 Å². The third-order valence-electron chi connectivity index (χ3n) is 5.59. The van der Waals surface area contributed by atoms with Crippen LogP contribution in [0.5, 0.6) is 11.5 Å². The van der Waals surface area contributed by atoms with Gasteiger partial charge in [-0.2, -0.15) is 0 Å². The Bertz CT molecular complexity index is 963. The number of hydrogen-bond donors (Lipinski definition) is 1. The van der Waals surface area contributed by atoms with Crippen molar-refractivity contribution in [1.82, 2.24) is 4.90 Å². The number of alkyl halides is 1. The highest BCUT2D eigenvalue weighted by molar-refractivity contribution is 5.85. The van der Waals surface area contributed by atoms with Crippen LogP contribution in [0, 0.1) is 0 Å². The van der Waals surface area contributed by atoms with Crippen molar-refractivity contribution >= 4 is 12.0 Å². The Morgan fingerprint density at radius 3 is 2.42 bits per heavy atom. The number of carboxylic acids is 1. The molecule has 0 aromatic heterocycles. The summed E-state index contributed by atoms with van der Waals surface area (Å²) in [4.78, 5) is 13.0. The predicted octanol–water partition coefficient (Wildman–Crippen LogP) is 4.89. The van der Waals surface area contributed by atoms with Crippen molar-refractivity contribution in [3.8, 4) is 11.5 Å². The molecule has 2 aromatic carbocycles. The fraction of sp³-hybridized carbons (Fsp3) is 0.400. The minimum Gasteiger partial charge on any atom is -0.493 e. The maximum atomic E-state index is 14.8. The first-order valence-electron chi connectivity index (χ1n) is 10.3. The molecule has 1 N–H and O–H groups in total. The molecule has 31 heavy (non-hydrogen) atoms. The highest BCUT2D eigenvalue weighted by Gasteiger charge is 2.39. The number of aliphatic carboxylic acids is 1. The maximum Gasteiger partial charge on any atom is 0.328 e. The molecular weight excluding hydrogens is 397 g/mol. The van der Waals surface area contributed by atoms with Gasteiger partial charge in [0, 0.05) is 24.2 Å². The van der Waals surface area contributed by atoms with Gasteiger partial charge in [-0.1, -0.05) is 30.3 Å². The molecule has 0 bridgehead atoms. The van der Waals surface area contributed by atoms with E-state index in [1.807, 2.05) is 30.3 Å². The third kappa shape index (κ3) is 5.07. The van der Waals surface area contributed by atoms with Gasteiger partial charge in [-0.3, -0.25) is 4.90 Å². The summed E-state index contributed by atoms with van der Waals surface area (Å²) in [5.41, 5.74) is 2.53. The lowest BCUT2D eigenvalue weighted by atomic mass is 9.83. The van der Waals surface area contributed by atoms with Crippen LogP contribution in [0.4, 0.5) is 4.39 Å². The number of carboxylic acid groups (broad SMARTS) is 1. The third-order valence-corrected chi connectivity index (χ3v) is 5.59. The summed E-state index contributed by atoms with van der Waals surface area (Å²) in [6.45, 7) is 5.56.